The van der Waals surface area contributed by atoms with Crippen LogP contribution in [0.2, 0.25) is 5.02 Å². The van der Waals surface area contributed by atoms with Gasteiger partial charge in [0.1, 0.15) is 10.6 Å². The van der Waals surface area contributed by atoms with Crippen LogP contribution in [0.25, 0.3) is 10.2 Å². The number of hydrogen-bond donors (Lipinski definition) is 2. The van der Waals surface area contributed by atoms with Gasteiger partial charge in [-0.05, 0) is 55.3 Å². The zero-order chi connectivity index (χ0) is 22.8. The molecule has 2 heterocycles. The SMILES string of the molecule is Cc1ccc(NC(=O)CNC(=O)c2cc3c(C)nn(Cc4ccc(F)cc4)c3s2)c(Cl)c1. The highest BCUT2D eigenvalue weighted by atomic mass is 35.5. The lowest BCUT2D eigenvalue weighted by Crippen LogP contribution is -2.32. The fraction of sp³-hybridized carbons (Fsp3) is 0.174. The maximum absolute atomic E-state index is 13.2. The summed E-state index contributed by atoms with van der Waals surface area (Å²) in [5.74, 6) is -1.01. The molecule has 9 heteroatoms. The zero-order valence-corrected chi connectivity index (χ0v) is 19.0. The van der Waals surface area contributed by atoms with Gasteiger partial charge in [0.2, 0.25) is 5.91 Å². The lowest BCUT2D eigenvalue weighted by molar-refractivity contribution is -0.115. The lowest BCUT2D eigenvalue weighted by Gasteiger charge is -2.08. The first kappa shape index (κ1) is 22.0. The summed E-state index contributed by atoms with van der Waals surface area (Å²) < 4.78 is 15.0. The molecule has 0 aliphatic heterocycles. The van der Waals surface area contributed by atoms with Gasteiger partial charge in [0.25, 0.3) is 5.91 Å². The quantitative estimate of drug-likeness (QED) is 0.420. The van der Waals surface area contributed by atoms with E-state index in [1.54, 1.807) is 35.0 Å². The van der Waals surface area contributed by atoms with Crippen LogP contribution >= 0.6 is 22.9 Å². The lowest BCUT2D eigenvalue weighted by atomic mass is 10.2. The number of nitrogens with zero attached hydrogens (tertiary/aromatic N) is 2. The molecule has 4 aromatic rings. The second-order valence-corrected chi connectivity index (χ2v) is 8.85. The third-order valence-corrected chi connectivity index (χ3v) is 6.34. The number of thiophene rings is 1. The van der Waals surface area contributed by atoms with Crippen LogP contribution < -0.4 is 10.6 Å². The minimum Gasteiger partial charge on any atom is -0.342 e. The van der Waals surface area contributed by atoms with Crippen LogP contribution in [-0.2, 0) is 11.3 Å². The molecule has 32 heavy (non-hydrogen) atoms. The smallest absolute Gasteiger partial charge is 0.261 e. The first-order valence-electron chi connectivity index (χ1n) is 9.86. The summed E-state index contributed by atoms with van der Waals surface area (Å²) in [5.41, 5.74) is 3.18. The van der Waals surface area contributed by atoms with Crippen LogP contribution in [0, 0.1) is 19.7 Å². The van der Waals surface area contributed by atoms with Gasteiger partial charge in [-0.15, -0.1) is 11.3 Å². The number of carbonyl (C=O) groups is 2. The summed E-state index contributed by atoms with van der Waals surface area (Å²) in [4.78, 5) is 26.2. The summed E-state index contributed by atoms with van der Waals surface area (Å²) in [6.45, 7) is 4.06. The van der Waals surface area contributed by atoms with E-state index in [0.717, 1.165) is 27.0 Å². The number of anilines is 1. The van der Waals surface area contributed by atoms with E-state index < -0.39 is 0 Å². The summed E-state index contributed by atoms with van der Waals surface area (Å²) in [6, 6.07) is 13.3. The van der Waals surface area contributed by atoms with Gasteiger partial charge in [-0.3, -0.25) is 14.3 Å². The number of carbonyl (C=O) groups excluding carboxylic acids is 2. The summed E-state index contributed by atoms with van der Waals surface area (Å²) in [7, 11) is 0. The summed E-state index contributed by atoms with van der Waals surface area (Å²) in [5, 5.41) is 11.2. The minimum atomic E-state index is -0.371. The van der Waals surface area contributed by atoms with Gasteiger partial charge < -0.3 is 10.6 Å². The van der Waals surface area contributed by atoms with Crippen molar-refractivity contribution in [1.82, 2.24) is 15.1 Å². The van der Waals surface area contributed by atoms with Gasteiger partial charge in [-0.25, -0.2) is 4.39 Å². The average Bonchev–Trinajstić information content (AvgIpc) is 3.31. The van der Waals surface area contributed by atoms with Crippen LogP contribution in [0.5, 0.6) is 0 Å². The van der Waals surface area contributed by atoms with Gasteiger partial charge in [-0.2, -0.15) is 5.10 Å². The van der Waals surface area contributed by atoms with E-state index in [0.29, 0.717) is 22.1 Å². The molecular weight excluding hydrogens is 451 g/mol. The van der Waals surface area contributed by atoms with Crippen molar-refractivity contribution in [2.45, 2.75) is 20.4 Å². The van der Waals surface area contributed by atoms with E-state index in [9.17, 15) is 14.0 Å². The molecule has 0 aliphatic carbocycles. The highest BCUT2D eigenvalue weighted by Gasteiger charge is 2.17. The minimum absolute atomic E-state index is 0.183. The van der Waals surface area contributed by atoms with Gasteiger partial charge in [0, 0.05) is 5.39 Å². The van der Waals surface area contributed by atoms with E-state index in [-0.39, 0.29) is 24.2 Å². The Balaban J connectivity index is 1.43. The van der Waals surface area contributed by atoms with Gasteiger partial charge >= 0.3 is 0 Å². The van der Waals surface area contributed by atoms with Crippen LogP contribution in [0.3, 0.4) is 0 Å². The maximum Gasteiger partial charge on any atom is 0.261 e. The predicted molar refractivity (Wildman–Crippen MR) is 125 cm³/mol. The fourth-order valence-electron chi connectivity index (χ4n) is 3.26. The molecule has 0 saturated carbocycles. The molecule has 0 fully saturated rings. The second-order valence-electron chi connectivity index (χ2n) is 7.41. The van der Waals surface area contributed by atoms with Crippen LogP contribution in [0.15, 0.2) is 48.5 Å². The first-order chi connectivity index (χ1) is 15.3. The van der Waals surface area contributed by atoms with Gasteiger partial charge in [0.15, 0.2) is 0 Å². The number of aryl methyl sites for hydroxylation is 2. The maximum atomic E-state index is 13.2. The van der Waals surface area contributed by atoms with Crippen molar-refractivity contribution in [1.29, 1.82) is 0 Å². The third kappa shape index (κ3) is 4.81. The van der Waals surface area contributed by atoms with Crippen molar-refractivity contribution in [3.8, 4) is 0 Å². The van der Waals surface area contributed by atoms with Crippen LogP contribution in [0.1, 0.15) is 26.5 Å². The number of aromatic nitrogens is 2. The molecule has 0 bridgehead atoms. The molecule has 0 aliphatic rings. The normalized spacial score (nSPS) is 11.0. The molecule has 2 amide bonds. The van der Waals surface area contributed by atoms with Crippen molar-refractivity contribution in [3.05, 3.63) is 81.1 Å². The van der Waals surface area contributed by atoms with Crippen molar-refractivity contribution in [2.24, 2.45) is 0 Å². The van der Waals surface area contributed by atoms with Crippen molar-refractivity contribution < 1.29 is 14.0 Å². The van der Waals surface area contributed by atoms with Crippen LogP contribution in [0.4, 0.5) is 10.1 Å². The van der Waals surface area contributed by atoms with E-state index in [4.69, 9.17) is 11.6 Å². The number of nitrogens with one attached hydrogen (secondary N) is 2. The molecule has 2 aromatic carbocycles. The van der Waals surface area contributed by atoms with E-state index in [2.05, 4.69) is 15.7 Å². The first-order valence-corrected chi connectivity index (χ1v) is 11.0. The number of halogens is 2. The Morgan fingerprint density at radius 2 is 1.88 bits per heavy atom. The Labute approximate surface area is 193 Å². The molecule has 6 nitrogen and oxygen atoms in total. The standard InChI is InChI=1S/C23H20ClFN4O2S/c1-13-3-8-19(18(24)9-13)27-21(30)11-26-22(31)20-10-17-14(2)28-29(23(17)32-20)12-15-4-6-16(25)7-5-15/h3-10H,11-12H2,1-2H3,(H,26,31)(H,27,30). The van der Waals surface area contributed by atoms with E-state index in [1.807, 2.05) is 19.9 Å². The van der Waals surface area contributed by atoms with Gasteiger partial charge in [0.05, 0.1) is 34.4 Å². The number of fused-ring (bicyclic) bond motifs is 1. The Kier molecular flexibility index (Phi) is 6.25. The molecule has 0 atom stereocenters. The topological polar surface area (TPSA) is 76.0 Å². The predicted octanol–water partition coefficient (Wildman–Crippen LogP) is 4.92. The largest absolute Gasteiger partial charge is 0.342 e. The number of benzene rings is 2. The Morgan fingerprint density at radius 1 is 1.12 bits per heavy atom. The van der Waals surface area contributed by atoms with E-state index >= 15 is 0 Å². The molecule has 4 rings (SSSR count). The van der Waals surface area contributed by atoms with Gasteiger partial charge in [-0.1, -0.05) is 29.8 Å². The van der Waals surface area contributed by atoms with Crippen molar-refractivity contribution in [3.63, 3.8) is 0 Å². The molecule has 164 valence electrons. The molecule has 0 radical (unpaired) electrons. The third-order valence-electron chi connectivity index (χ3n) is 4.88. The Hall–Kier alpha value is -3.23. The van der Waals surface area contributed by atoms with Crippen LogP contribution in [-0.4, -0.2) is 28.1 Å². The highest BCUT2D eigenvalue weighted by molar-refractivity contribution is 7.20. The molecule has 2 N–H and O–H groups in total. The molecule has 0 saturated heterocycles. The highest BCUT2D eigenvalue weighted by Crippen LogP contribution is 2.29. The average molecular weight is 471 g/mol. The van der Waals surface area contributed by atoms with Crippen molar-refractivity contribution in [2.75, 3.05) is 11.9 Å². The Bertz CT molecular complexity index is 1310. The number of rotatable bonds is 6. The Morgan fingerprint density at radius 3 is 2.59 bits per heavy atom. The molecule has 0 spiro atoms. The molecule has 0 unspecified atom stereocenters. The fourth-order valence-corrected chi connectivity index (χ4v) is 4.62. The number of amides is 2. The van der Waals surface area contributed by atoms with E-state index in [1.165, 1.54) is 23.5 Å². The number of hydrogen-bond acceptors (Lipinski definition) is 4. The molecular formula is C23H20ClFN4O2S. The summed E-state index contributed by atoms with van der Waals surface area (Å²) in [6.07, 6.45) is 0. The monoisotopic (exact) mass is 470 g/mol. The molecule has 2 aromatic heterocycles. The van der Waals surface area contributed by atoms with Crippen molar-refractivity contribution >= 4 is 50.7 Å². The summed E-state index contributed by atoms with van der Waals surface area (Å²) >= 11 is 7.43. The second kappa shape index (κ2) is 9.10. The zero-order valence-electron chi connectivity index (χ0n) is 17.4.